The number of aliphatic imine (C=N–C) groups is 2. The molecule has 0 radical (unpaired) electrons. The molecule has 52 valence electrons. The van der Waals surface area contributed by atoms with Crippen LogP contribution in [0.4, 0.5) is 0 Å². The Kier molecular flexibility index (Phi) is 4.79. The quantitative estimate of drug-likeness (QED) is 0.422. The molecule has 0 fully saturated rings. The minimum absolute atomic E-state index is 0.209. The lowest BCUT2D eigenvalue weighted by atomic mass is 10.4. The van der Waals surface area contributed by atoms with Crippen LogP contribution in [0.25, 0.3) is 0 Å². The fourth-order valence-corrected chi connectivity index (χ4v) is 0.333. The van der Waals surface area contributed by atoms with Gasteiger partial charge in [-0.3, -0.25) is 0 Å². The minimum Gasteiger partial charge on any atom is -0.211 e. The summed E-state index contributed by atoms with van der Waals surface area (Å²) >= 11 is 0. The summed E-state index contributed by atoms with van der Waals surface area (Å²) in [4.78, 5) is 25.6. The second kappa shape index (κ2) is 5.63. The lowest BCUT2D eigenvalue weighted by Crippen LogP contribution is -1.74. The summed E-state index contributed by atoms with van der Waals surface area (Å²) in [6, 6.07) is 0. The van der Waals surface area contributed by atoms with Crippen molar-refractivity contribution in [1.29, 1.82) is 0 Å². The molecule has 0 N–H and O–H groups in total. The molecule has 0 aliphatic rings. The molecule has 0 spiro atoms. The smallest absolute Gasteiger partial charge is 0.211 e. The zero-order valence-electron chi connectivity index (χ0n) is 5.50. The van der Waals surface area contributed by atoms with Crippen LogP contribution in [0.3, 0.4) is 0 Å². The normalized spacial score (nSPS) is 9.50. The number of hydrogen-bond acceptors (Lipinski definition) is 4. The fraction of sp³-hybridized carbons (Fsp3) is 0.333. The first-order chi connectivity index (χ1) is 4.81. The van der Waals surface area contributed by atoms with E-state index in [0.717, 1.165) is 0 Å². The van der Waals surface area contributed by atoms with E-state index in [0.29, 0.717) is 5.70 Å². The number of nitrogens with zero attached hydrogens (tertiary/aromatic N) is 2. The van der Waals surface area contributed by atoms with Crippen molar-refractivity contribution < 1.29 is 9.59 Å². The minimum atomic E-state index is 0.209. The maximum Gasteiger partial charge on any atom is 0.240 e. The number of hydrogen-bond donors (Lipinski definition) is 0. The van der Waals surface area contributed by atoms with Gasteiger partial charge in [0, 0.05) is 5.70 Å². The van der Waals surface area contributed by atoms with Gasteiger partial charge in [0.25, 0.3) is 0 Å². The predicted molar refractivity (Wildman–Crippen MR) is 34.9 cm³/mol. The molecule has 0 aliphatic heterocycles. The number of allylic oxidation sites excluding steroid dienone is 1. The molecule has 0 amide bonds. The van der Waals surface area contributed by atoms with E-state index in [9.17, 15) is 9.59 Å². The van der Waals surface area contributed by atoms with Crippen LogP contribution in [0, 0.1) is 0 Å². The van der Waals surface area contributed by atoms with Crippen molar-refractivity contribution >= 4 is 12.2 Å². The van der Waals surface area contributed by atoms with Crippen molar-refractivity contribution in [2.45, 2.75) is 6.92 Å². The highest BCUT2D eigenvalue weighted by atomic mass is 16.1. The molecule has 0 aliphatic carbocycles. The van der Waals surface area contributed by atoms with Crippen molar-refractivity contribution in [2.24, 2.45) is 9.98 Å². The molecule has 0 rings (SSSR count). The standard InChI is InChI=1S/C6H6N2O2/c1-6(8-5-10)2-3-7-4-9/h2H,3H2,1H3. The molecule has 0 heterocycles. The van der Waals surface area contributed by atoms with Gasteiger partial charge in [-0.15, -0.1) is 0 Å². The van der Waals surface area contributed by atoms with Gasteiger partial charge in [0.2, 0.25) is 12.2 Å². The third-order valence-corrected chi connectivity index (χ3v) is 0.765. The lowest BCUT2D eigenvalue weighted by molar-refractivity contribution is 0.563. The topological polar surface area (TPSA) is 58.9 Å². The van der Waals surface area contributed by atoms with Crippen LogP contribution < -0.4 is 0 Å². The second-order valence-corrected chi connectivity index (χ2v) is 1.48. The molecule has 10 heavy (non-hydrogen) atoms. The summed E-state index contributed by atoms with van der Waals surface area (Å²) in [5.41, 5.74) is 0.494. The van der Waals surface area contributed by atoms with E-state index >= 15 is 0 Å². The van der Waals surface area contributed by atoms with Crippen molar-refractivity contribution in [3.63, 3.8) is 0 Å². The van der Waals surface area contributed by atoms with Gasteiger partial charge in [0.15, 0.2) is 0 Å². The van der Waals surface area contributed by atoms with Crippen LogP contribution in [-0.2, 0) is 9.59 Å². The molecule has 4 nitrogen and oxygen atoms in total. The van der Waals surface area contributed by atoms with Gasteiger partial charge in [0.1, 0.15) is 0 Å². The summed E-state index contributed by atoms with van der Waals surface area (Å²) in [5.74, 6) is 0. The summed E-state index contributed by atoms with van der Waals surface area (Å²) in [6.45, 7) is 1.83. The van der Waals surface area contributed by atoms with Crippen molar-refractivity contribution in [2.75, 3.05) is 6.54 Å². The van der Waals surface area contributed by atoms with E-state index in [4.69, 9.17) is 0 Å². The highest BCUT2D eigenvalue weighted by molar-refractivity contribution is 5.37. The van der Waals surface area contributed by atoms with Gasteiger partial charge in [0.05, 0.1) is 6.54 Å². The second-order valence-electron chi connectivity index (χ2n) is 1.48. The zero-order chi connectivity index (χ0) is 7.82. The highest BCUT2D eigenvalue weighted by Crippen LogP contribution is 1.90. The Hall–Kier alpha value is -1.50. The van der Waals surface area contributed by atoms with Gasteiger partial charge in [-0.1, -0.05) is 0 Å². The number of isocyanates is 2. The molecule has 0 unspecified atom stereocenters. The summed E-state index contributed by atoms with van der Waals surface area (Å²) in [7, 11) is 0. The van der Waals surface area contributed by atoms with Gasteiger partial charge >= 0.3 is 0 Å². The van der Waals surface area contributed by atoms with Crippen LogP contribution in [0.2, 0.25) is 0 Å². The van der Waals surface area contributed by atoms with Crippen molar-refractivity contribution in [1.82, 2.24) is 0 Å². The first-order valence-electron chi connectivity index (χ1n) is 2.59. The molecule has 0 aromatic heterocycles. The zero-order valence-corrected chi connectivity index (χ0v) is 5.50. The first-order valence-corrected chi connectivity index (χ1v) is 2.59. The van der Waals surface area contributed by atoms with E-state index in [1.165, 1.54) is 18.2 Å². The summed E-state index contributed by atoms with van der Waals surface area (Å²) < 4.78 is 0. The highest BCUT2D eigenvalue weighted by Gasteiger charge is 1.79. The summed E-state index contributed by atoms with van der Waals surface area (Å²) in [6.07, 6.45) is 4.24. The molecular weight excluding hydrogens is 132 g/mol. The molecule has 0 aromatic rings. The largest absolute Gasteiger partial charge is 0.240 e. The monoisotopic (exact) mass is 138 g/mol. The first kappa shape index (κ1) is 8.50. The number of carbonyl (C=O) groups excluding carboxylic acids is 2. The Morgan fingerprint density at radius 2 is 2.20 bits per heavy atom. The van der Waals surface area contributed by atoms with Crippen LogP contribution >= 0.6 is 0 Å². The fourth-order valence-electron chi connectivity index (χ4n) is 0.333. The predicted octanol–water partition coefficient (Wildman–Crippen LogP) is 0.562. The molecule has 0 saturated heterocycles. The Labute approximate surface area is 58.0 Å². The average molecular weight is 138 g/mol. The maximum absolute atomic E-state index is 9.61. The molecule has 0 atom stereocenters. The van der Waals surface area contributed by atoms with Gasteiger partial charge < -0.3 is 0 Å². The Bertz CT molecular complexity index is 220. The molecular formula is C6H6N2O2. The average Bonchev–Trinajstić information content (AvgIpc) is 1.89. The van der Waals surface area contributed by atoms with Gasteiger partial charge in [-0.05, 0) is 13.0 Å². The Balaban J connectivity index is 3.91. The third-order valence-electron chi connectivity index (χ3n) is 0.765. The van der Waals surface area contributed by atoms with E-state index < -0.39 is 0 Å². The van der Waals surface area contributed by atoms with Gasteiger partial charge in [-0.25, -0.2) is 14.6 Å². The summed E-state index contributed by atoms with van der Waals surface area (Å²) in [5, 5.41) is 0. The molecule has 0 aromatic carbocycles. The van der Waals surface area contributed by atoms with E-state index in [-0.39, 0.29) is 6.54 Å². The van der Waals surface area contributed by atoms with E-state index in [2.05, 4.69) is 9.98 Å². The Morgan fingerprint density at radius 1 is 1.50 bits per heavy atom. The third kappa shape index (κ3) is 4.65. The van der Waals surface area contributed by atoms with Crippen molar-refractivity contribution in [3.05, 3.63) is 11.8 Å². The van der Waals surface area contributed by atoms with Crippen LogP contribution in [0.5, 0.6) is 0 Å². The van der Waals surface area contributed by atoms with Crippen LogP contribution in [-0.4, -0.2) is 18.7 Å². The van der Waals surface area contributed by atoms with E-state index in [1.807, 2.05) is 0 Å². The van der Waals surface area contributed by atoms with Gasteiger partial charge in [-0.2, -0.15) is 4.99 Å². The van der Waals surface area contributed by atoms with Crippen LogP contribution in [0.15, 0.2) is 21.8 Å². The maximum atomic E-state index is 9.61. The Morgan fingerprint density at radius 3 is 2.70 bits per heavy atom. The molecule has 0 saturated carbocycles. The van der Waals surface area contributed by atoms with Crippen molar-refractivity contribution in [3.8, 4) is 0 Å². The lowest BCUT2D eigenvalue weighted by Gasteiger charge is -1.81. The van der Waals surface area contributed by atoms with Crippen LogP contribution in [0.1, 0.15) is 6.92 Å². The molecule has 4 heteroatoms. The van der Waals surface area contributed by atoms with E-state index in [1.54, 1.807) is 6.92 Å². The SMILES string of the molecule is CC(=CCN=C=O)N=C=O. The number of rotatable bonds is 3. The molecule has 0 bridgehead atoms.